The van der Waals surface area contributed by atoms with Crippen molar-refractivity contribution in [3.8, 4) is 5.69 Å². The Labute approximate surface area is 147 Å². The number of amides is 1. The molecule has 126 valence electrons. The van der Waals surface area contributed by atoms with Gasteiger partial charge in [-0.3, -0.25) is 4.79 Å². The number of carbonyl (C=O) groups is 1. The summed E-state index contributed by atoms with van der Waals surface area (Å²) in [6, 6.07) is 21.7. The van der Waals surface area contributed by atoms with Crippen LogP contribution >= 0.6 is 0 Å². The number of benzene rings is 2. The van der Waals surface area contributed by atoms with Gasteiger partial charge in [-0.1, -0.05) is 42.5 Å². The lowest BCUT2D eigenvalue weighted by atomic mass is 10.1. The molecule has 0 spiro atoms. The van der Waals surface area contributed by atoms with Gasteiger partial charge in [0, 0.05) is 18.9 Å². The van der Waals surface area contributed by atoms with Crippen molar-refractivity contribution in [2.75, 3.05) is 19.7 Å². The highest BCUT2D eigenvalue weighted by atomic mass is 16.5. The summed E-state index contributed by atoms with van der Waals surface area (Å²) in [5, 5.41) is 0. The lowest BCUT2D eigenvalue weighted by Gasteiger charge is -2.33. The maximum atomic E-state index is 13.1. The molecule has 0 unspecified atom stereocenters. The highest BCUT2D eigenvalue weighted by Crippen LogP contribution is 2.24. The number of hydrogen-bond donors (Lipinski definition) is 0. The summed E-state index contributed by atoms with van der Waals surface area (Å²) in [6.45, 7) is 1.74. The number of nitrogens with zero attached hydrogens (tertiary/aromatic N) is 2. The molecule has 1 amide bonds. The molecule has 1 aromatic heterocycles. The second-order valence-electron chi connectivity index (χ2n) is 6.13. The Bertz CT molecular complexity index is 843. The molecule has 4 rings (SSSR count). The third kappa shape index (κ3) is 3.21. The van der Waals surface area contributed by atoms with Gasteiger partial charge in [0.1, 0.15) is 6.10 Å². The lowest BCUT2D eigenvalue weighted by molar-refractivity contribution is -0.0228. The molecule has 1 saturated heterocycles. The first-order valence-electron chi connectivity index (χ1n) is 8.51. The average molecular weight is 332 g/mol. The van der Waals surface area contributed by atoms with Crippen LogP contribution in [0, 0.1) is 0 Å². The summed E-state index contributed by atoms with van der Waals surface area (Å²) in [5.74, 6) is 0.0496. The fraction of sp³-hybridized carbons (Fsp3) is 0.190. The van der Waals surface area contributed by atoms with Crippen LogP contribution in [0.25, 0.3) is 5.69 Å². The number of carbonyl (C=O) groups excluding carboxylic acids is 1. The standard InChI is InChI=1S/C21H20N2O2/c24-21(18-10-4-5-11-19(18)22-12-6-7-13-22)23-14-15-25-20(16-23)17-8-2-1-3-9-17/h1-13,20H,14-16H2/t20-/m1/s1. The van der Waals surface area contributed by atoms with E-state index in [1.54, 1.807) is 0 Å². The first kappa shape index (κ1) is 15.7. The lowest BCUT2D eigenvalue weighted by Crippen LogP contribution is -2.42. The van der Waals surface area contributed by atoms with Crippen molar-refractivity contribution in [1.82, 2.24) is 9.47 Å². The van der Waals surface area contributed by atoms with Crippen molar-refractivity contribution in [1.29, 1.82) is 0 Å². The molecular weight excluding hydrogens is 312 g/mol. The Kier molecular flexibility index (Phi) is 4.36. The smallest absolute Gasteiger partial charge is 0.256 e. The van der Waals surface area contributed by atoms with E-state index < -0.39 is 0 Å². The molecule has 1 atom stereocenters. The molecule has 1 fully saturated rings. The third-order valence-electron chi connectivity index (χ3n) is 4.54. The molecule has 1 aliphatic heterocycles. The zero-order chi connectivity index (χ0) is 17.1. The topological polar surface area (TPSA) is 34.5 Å². The molecule has 4 heteroatoms. The van der Waals surface area contributed by atoms with Gasteiger partial charge in [0.2, 0.25) is 0 Å². The van der Waals surface area contributed by atoms with Crippen LogP contribution < -0.4 is 0 Å². The van der Waals surface area contributed by atoms with Crippen molar-refractivity contribution in [2.45, 2.75) is 6.10 Å². The van der Waals surface area contributed by atoms with Crippen molar-refractivity contribution in [2.24, 2.45) is 0 Å². The van der Waals surface area contributed by atoms with Gasteiger partial charge in [-0.25, -0.2) is 0 Å². The fourth-order valence-corrected chi connectivity index (χ4v) is 3.25. The molecule has 3 aromatic rings. The van der Waals surface area contributed by atoms with Gasteiger partial charge in [0.25, 0.3) is 5.91 Å². The number of morpholine rings is 1. The average Bonchev–Trinajstić information content (AvgIpc) is 3.23. The van der Waals surface area contributed by atoms with E-state index in [4.69, 9.17) is 4.74 Å². The van der Waals surface area contributed by atoms with E-state index in [1.165, 1.54) is 0 Å². The van der Waals surface area contributed by atoms with E-state index in [9.17, 15) is 4.79 Å². The SMILES string of the molecule is O=C(c1ccccc1-n1cccc1)N1CCO[C@@H](c2ccccc2)C1. The second kappa shape index (κ2) is 6.95. The Morgan fingerprint density at radius 2 is 1.64 bits per heavy atom. The zero-order valence-electron chi connectivity index (χ0n) is 13.9. The van der Waals surface area contributed by atoms with Crippen molar-refractivity contribution < 1.29 is 9.53 Å². The third-order valence-corrected chi connectivity index (χ3v) is 4.54. The fourth-order valence-electron chi connectivity index (χ4n) is 3.25. The first-order chi connectivity index (χ1) is 12.3. The van der Waals surface area contributed by atoms with Crippen LogP contribution in [0.3, 0.4) is 0 Å². The molecule has 0 bridgehead atoms. The van der Waals surface area contributed by atoms with E-state index >= 15 is 0 Å². The molecule has 0 saturated carbocycles. The summed E-state index contributed by atoms with van der Waals surface area (Å²) < 4.78 is 7.86. The van der Waals surface area contributed by atoms with Gasteiger partial charge in [0.05, 0.1) is 24.4 Å². The predicted molar refractivity (Wildman–Crippen MR) is 96.8 cm³/mol. The zero-order valence-corrected chi connectivity index (χ0v) is 13.9. The molecule has 0 N–H and O–H groups in total. The van der Waals surface area contributed by atoms with Crippen LogP contribution in [0.15, 0.2) is 79.1 Å². The molecule has 0 radical (unpaired) electrons. The Balaban J connectivity index is 1.59. The molecule has 4 nitrogen and oxygen atoms in total. The number of hydrogen-bond acceptors (Lipinski definition) is 2. The van der Waals surface area contributed by atoms with E-state index in [1.807, 2.05) is 88.6 Å². The number of ether oxygens (including phenoxy) is 1. The molecule has 2 aromatic carbocycles. The van der Waals surface area contributed by atoms with Gasteiger partial charge in [0.15, 0.2) is 0 Å². The number of aromatic nitrogens is 1. The minimum atomic E-state index is -0.0716. The van der Waals surface area contributed by atoms with E-state index in [0.717, 1.165) is 11.3 Å². The van der Waals surface area contributed by atoms with Crippen molar-refractivity contribution in [3.63, 3.8) is 0 Å². The number of rotatable bonds is 3. The Morgan fingerprint density at radius 1 is 0.920 bits per heavy atom. The van der Waals surface area contributed by atoms with Crippen LogP contribution in [0.1, 0.15) is 22.0 Å². The summed E-state index contributed by atoms with van der Waals surface area (Å²) in [5.41, 5.74) is 2.73. The molecule has 0 aliphatic carbocycles. The van der Waals surface area contributed by atoms with Crippen LogP contribution in [0.4, 0.5) is 0 Å². The highest BCUT2D eigenvalue weighted by Gasteiger charge is 2.27. The minimum absolute atomic E-state index is 0.0496. The Hall–Kier alpha value is -2.85. The largest absolute Gasteiger partial charge is 0.370 e. The molecule has 1 aliphatic rings. The van der Waals surface area contributed by atoms with Crippen LogP contribution in [-0.2, 0) is 4.74 Å². The summed E-state index contributed by atoms with van der Waals surface area (Å²) in [7, 11) is 0. The predicted octanol–water partition coefficient (Wildman–Crippen LogP) is 3.69. The van der Waals surface area contributed by atoms with Gasteiger partial charge in [-0.15, -0.1) is 0 Å². The maximum absolute atomic E-state index is 13.1. The summed E-state index contributed by atoms with van der Waals surface area (Å²) in [6.07, 6.45) is 3.84. The summed E-state index contributed by atoms with van der Waals surface area (Å²) >= 11 is 0. The maximum Gasteiger partial charge on any atom is 0.256 e. The van der Waals surface area contributed by atoms with E-state index in [-0.39, 0.29) is 12.0 Å². The van der Waals surface area contributed by atoms with Crippen LogP contribution in [0.5, 0.6) is 0 Å². The van der Waals surface area contributed by atoms with Gasteiger partial charge >= 0.3 is 0 Å². The normalized spacial score (nSPS) is 17.4. The van der Waals surface area contributed by atoms with E-state index in [2.05, 4.69) is 0 Å². The first-order valence-corrected chi connectivity index (χ1v) is 8.51. The second-order valence-corrected chi connectivity index (χ2v) is 6.13. The highest BCUT2D eigenvalue weighted by molar-refractivity contribution is 5.97. The molecular formula is C21H20N2O2. The minimum Gasteiger partial charge on any atom is -0.370 e. The van der Waals surface area contributed by atoms with Gasteiger partial charge < -0.3 is 14.2 Å². The van der Waals surface area contributed by atoms with Crippen molar-refractivity contribution in [3.05, 3.63) is 90.3 Å². The van der Waals surface area contributed by atoms with Crippen LogP contribution in [0.2, 0.25) is 0 Å². The number of para-hydroxylation sites is 1. The quantitative estimate of drug-likeness (QED) is 0.733. The van der Waals surface area contributed by atoms with Gasteiger partial charge in [-0.2, -0.15) is 0 Å². The van der Waals surface area contributed by atoms with Crippen molar-refractivity contribution >= 4 is 5.91 Å². The monoisotopic (exact) mass is 332 g/mol. The summed E-state index contributed by atoms with van der Waals surface area (Å²) in [4.78, 5) is 15.0. The van der Waals surface area contributed by atoms with E-state index in [0.29, 0.717) is 25.3 Å². The molecule has 25 heavy (non-hydrogen) atoms. The van der Waals surface area contributed by atoms with Crippen LogP contribution in [-0.4, -0.2) is 35.1 Å². The molecule has 2 heterocycles. The Morgan fingerprint density at radius 3 is 2.44 bits per heavy atom. The van der Waals surface area contributed by atoms with Gasteiger partial charge in [-0.05, 0) is 29.8 Å².